The van der Waals surface area contributed by atoms with Crippen LogP contribution in [0.4, 0.5) is 5.82 Å². The van der Waals surface area contributed by atoms with E-state index in [9.17, 15) is 5.11 Å². The second-order valence-electron chi connectivity index (χ2n) is 6.75. The van der Waals surface area contributed by atoms with Crippen molar-refractivity contribution >= 4 is 5.82 Å². The summed E-state index contributed by atoms with van der Waals surface area (Å²) in [5.41, 5.74) is 1.33. The lowest BCUT2D eigenvalue weighted by Crippen LogP contribution is -2.69. The van der Waals surface area contributed by atoms with E-state index in [1.54, 1.807) is 6.20 Å². The van der Waals surface area contributed by atoms with Crippen molar-refractivity contribution in [3.05, 3.63) is 36.2 Å². The molecule has 7 heteroatoms. The highest BCUT2D eigenvalue weighted by molar-refractivity contribution is 5.54. The van der Waals surface area contributed by atoms with E-state index in [4.69, 9.17) is 9.72 Å². The van der Waals surface area contributed by atoms with E-state index in [1.807, 2.05) is 31.2 Å². The minimum atomic E-state index is -0.347. The number of piperazine rings is 1. The van der Waals surface area contributed by atoms with Gasteiger partial charge in [-0.15, -0.1) is 0 Å². The van der Waals surface area contributed by atoms with Crippen molar-refractivity contribution in [3.63, 3.8) is 0 Å². The van der Waals surface area contributed by atoms with Crippen LogP contribution < -0.4 is 4.90 Å². The smallest absolute Gasteiger partial charge is 0.180 e. The van der Waals surface area contributed by atoms with Gasteiger partial charge in [-0.3, -0.25) is 9.88 Å². The Labute approximate surface area is 147 Å². The van der Waals surface area contributed by atoms with Gasteiger partial charge >= 0.3 is 0 Å². The molecule has 2 aromatic heterocycles. The van der Waals surface area contributed by atoms with Crippen LogP contribution in [0.5, 0.6) is 0 Å². The van der Waals surface area contributed by atoms with Crippen molar-refractivity contribution < 1.29 is 9.84 Å². The molecule has 0 aliphatic carbocycles. The Balaban J connectivity index is 1.65. The Morgan fingerprint density at radius 2 is 2.16 bits per heavy atom. The largest absolute Gasteiger partial charge is 0.394 e. The monoisotopic (exact) mass is 341 g/mol. The summed E-state index contributed by atoms with van der Waals surface area (Å²) in [4.78, 5) is 18.2. The van der Waals surface area contributed by atoms with E-state index in [0.717, 1.165) is 43.4 Å². The number of aliphatic hydroxyl groups is 1. The Bertz CT molecular complexity index is 742. The molecule has 1 unspecified atom stereocenters. The number of anilines is 1. The van der Waals surface area contributed by atoms with Crippen LogP contribution in [0.3, 0.4) is 0 Å². The molecule has 0 radical (unpaired) electrons. The van der Waals surface area contributed by atoms with Gasteiger partial charge in [-0.1, -0.05) is 6.07 Å². The first kappa shape index (κ1) is 16.4. The molecular formula is C18H23N5O2. The summed E-state index contributed by atoms with van der Waals surface area (Å²) < 4.78 is 5.66. The number of hydrogen-bond donors (Lipinski definition) is 1. The summed E-state index contributed by atoms with van der Waals surface area (Å²) in [6.45, 7) is 6.68. The zero-order chi connectivity index (χ0) is 17.3. The SMILES string of the molecule is Cc1cc(N2CCN3CCOCC3(CO)C2)nc(-c2ccccn2)n1. The molecule has 4 heterocycles. The van der Waals surface area contributed by atoms with Crippen molar-refractivity contribution in [2.75, 3.05) is 50.9 Å². The molecule has 2 saturated heterocycles. The van der Waals surface area contributed by atoms with Gasteiger partial charge in [0.25, 0.3) is 0 Å². The molecular weight excluding hydrogens is 318 g/mol. The molecule has 0 bridgehead atoms. The normalized spacial score (nSPS) is 24.2. The Kier molecular flexibility index (Phi) is 4.37. The molecule has 0 aromatic carbocycles. The zero-order valence-corrected chi connectivity index (χ0v) is 14.4. The molecule has 1 atom stereocenters. The number of nitrogens with zero attached hydrogens (tertiary/aromatic N) is 5. The van der Waals surface area contributed by atoms with Crippen LogP contribution in [0.2, 0.25) is 0 Å². The number of rotatable bonds is 3. The maximum Gasteiger partial charge on any atom is 0.180 e. The van der Waals surface area contributed by atoms with Crippen LogP contribution in [-0.4, -0.2) is 76.5 Å². The molecule has 2 fully saturated rings. The van der Waals surface area contributed by atoms with E-state index >= 15 is 0 Å². The fraction of sp³-hybridized carbons (Fsp3) is 0.500. The zero-order valence-electron chi connectivity index (χ0n) is 14.4. The third-order valence-corrected chi connectivity index (χ3v) is 5.03. The minimum absolute atomic E-state index is 0.0840. The third kappa shape index (κ3) is 3.10. The molecule has 0 amide bonds. The molecule has 2 aliphatic rings. The summed E-state index contributed by atoms with van der Waals surface area (Å²) in [6.07, 6.45) is 1.75. The minimum Gasteiger partial charge on any atom is -0.394 e. The molecule has 0 spiro atoms. The first-order valence-corrected chi connectivity index (χ1v) is 8.66. The number of aliphatic hydroxyl groups excluding tert-OH is 1. The van der Waals surface area contributed by atoms with Gasteiger partial charge in [0.2, 0.25) is 0 Å². The molecule has 2 aromatic rings. The first-order chi connectivity index (χ1) is 12.2. The average Bonchev–Trinajstić information content (AvgIpc) is 2.67. The maximum atomic E-state index is 10.0. The summed E-state index contributed by atoms with van der Waals surface area (Å²) in [7, 11) is 0. The summed E-state index contributed by atoms with van der Waals surface area (Å²) in [5, 5.41) is 10.0. The van der Waals surface area contributed by atoms with Gasteiger partial charge in [-0.05, 0) is 19.1 Å². The number of ether oxygens (including phenoxy) is 1. The highest BCUT2D eigenvalue weighted by atomic mass is 16.5. The van der Waals surface area contributed by atoms with E-state index < -0.39 is 0 Å². The van der Waals surface area contributed by atoms with E-state index in [-0.39, 0.29) is 12.1 Å². The van der Waals surface area contributed by atoms with Gasteiger partial charge < -0.3 is 14.7 Å². The van der Waals surface area contributed by atoms with Crippen molar-refractivity contribution in [3.8, 4) is 11.5 Å². The Morgan fingerprint density at radius 1 is 1.24 bits per heavy atom. The fourth-order valence-electron chi connectivity index (χ4n) is 3.65. The number of hydrogen-bond acceptors (Lipinski definition) is 7. The van der Waals surface area contributed by atoms with Crippen molar-refractivity contribution in [2.24, 2.45) is 0 Å². The molecule has 25 heavy (non-hydrogen) atoms. The Morgan fingerprint density at radius 3 is 2.96 bits per heavy atom. The molecule has 132 valence electrons. The molecule has 0 saturated carbocycles. The highest BCUT2D eigenvalue weighted by Crippen LogP contribution is 2.28. The van der Waals surface area contributed by atoms with Crippen molar-refractivity contribution in [2.45, 2.75) is 12.5 Å². The lowest BCUT2D eigenvalue weighted by molar-refractivity contribution is -0.0951. The maximum absolute atomic E-state index is 10.0. The van der Waals surface area contributed by atoms with Gasteiger partial charge in [-0.25, -0.2) is 9.97 Å². The first-order valence-electron chi connectivity index (χ1n) is 8.66. The molecule has 2 aliphatic heterocycles. The topological polar surface area (TPSA) is 74.6 Å². The number of morpholine rings is 1. The van der Waals surface area contributed by atoms with Gasteiger partial charge in [-0.2, -0.15) is 0 Å². The van der Waals surface area contributed by atoms with Crippen LogP contribution in [0.1, 0.15) is 5.69 Å². The third-order valence-electron chi connectivity index (χ3n) is 5.03. The summed E-state index contributed by atoms with van der Waals surface area (Å²) in [6, 6.07) is 7.73. The predicted molar refractivity (Wildman–Crippen MR) is 94.4 cm³/mol. The van der Waals surface area contributed by atoms with Crippen molar-refractivity contribution in [1.82, 2.24) is 19.9 Å². The lowest BCUT2D eigenvalue weighted by Gasteiger charge is -2.52. The summed E-state index contributed by atoms with van der Waals surface area (Å²) in [5.74, 6) is 1.52. The van der Waals surface area contributed by atoms with Gasteiger partial charge in [0.1, 0.15) is 11.5 Å². The van der Waals surface area contributed by atoms with Crippen LogP contribution >= 0.6 is 0 Å². The van der Waals surface area contributed by atoms with Crippen LogP contribution in [0, 0.1) is 6.92 Å². The van der Waals surface area contributed by atoms with Crippen LogP contribution in [-0.2, 0) is 4.74 Å². The van der Waals surface area contributed by atoms with E-state index in [1.165, 1.54) is 0 Å². The van der Waals surface area contributed by atoms with Gasteiger partial charge in [0, 0.05) is 44.1 Å². The van der Waals surface area contributed by atoms with Crippen LogP contribution in [0.25, 0.3) is 11.5 Å². The van der Waals surface area contributed by atoms with E-state index in [2.05, 4.69) is 19.8 Å². The number of aryl methyl sites for hydroxylation is 1. The van der Waals surface area contributed by atoms with Crippen LogP contribution in [0.15, 0.2) is 30.5 Å². The lowest BCUT2D eigenvalue weighted by atomic mass is 9.94. The molecule has 1 N–H and O–H groups in total. The predicted octanol–water partition coefficient (Wildman–Crippen LogP) is 0.730. The van der Waals surface area contributed by atoms with Gasteiger partial charge in [0.15, 0.2) is 5.82 Å². The van der Waals surface area contributed by atoms with Crippen molar-refractivity contribution in [1.29, 1.82) is 0 Å². The van der Waals surface area contributed by atoms with Gasteiger partial charge in [0.05, 0.1) is 25.4 Å². The number of fused-ring (bicyclic) bond motifs is 1. The second kappa shape index (κ2) is 6.67. The molecule has 7 nitrogen and oxygen atoms in total. The Hall–Kier alpha value is -2.09. The number of pyridine rings is 1. The van der Waals surface area contributed by atoms with E-state index in [0.29, 0.717) is 19.0 Å². The number of aromatic nitrogens is 3. The fourth-order valence-corrected chi connectivity index (χ4v) is 3.65. The standard InChI is InChI=1S/C18H23N5O2/c1-14-10-16(21-17(20-14)15-4-2-3-5-19-15)22-6-7-23-8-9-25-13-18(23,11-22)12-24/h2-5,10,24H,6-9,11-13H2,1H3. The highest BCUT2D eigenvalue weighted by Gasteiger charge is 2.44. The molecule has 4 rings (SSSR count). The summed E-state index contributed by atoms with van der Waals surface area (Å²) >= 11 is 0. The average molecular weight is 341 g/mol. The quantitative estimate of drug-likeness (QED) is 0.882. The second-order valence-corrected chi connectivity index (χ2v) is 6.75.